The molecule has 142 valence electrons. The number of rotatable bonds is 6. The van der Waals surface area contributed by atoms with E-state index in [2.05, 4.69) is 20.6 Å². The zero-order valence-corrected chi connectivity index (χ0v) is 15.1. The van der Waals surface area contributed by atoms with Gasteiger partial charge in [-0.3, -0.25) is 9.59 Å². The summed E-state index contributed by atoms with van der Waals surface area (Å²) in [7, 11) is 0. The Kier molecular flexibility index (Phi) is 5.81. The van der Waals surface area contributed by atoms with E-state index in [0.29, 0.717) is 24.5 Å². The maximum absolute atomic E-state index is 12.3. The van der Waals surface area contributed by atoms with Gasteiger partial charge in [0.25, 0.3) is 11.8 Å². The number of nitrogens with two attached hydrogens (primary N) is 2. The van der Waals surface area contributed by atoms with E-state index in [-0.39, 0.29) is 11.4 Å². The van der Waals surface area contributed by atoms with Gasteiger partial charge in [-0.05, 0) is 35.4 Å². The minimum Gasteiger partial charge on any atom is -0.399 e. The smallest absolute Gasteiger partial charge is 0.270 e. The van der Waals surface area contributed by atoms with Gasteiger partial charge in [0.1, 0.15) is 17.7 Å². The number of carbonyl (C=O) groups is 2. The third-order valence-corrected chi connectivity index (χ3v) is 3.94. The zero-order valence-electron chi connectivity index (χ0n) is 15.1. The van der Waals surface area contributed by atoms with Crippen LogP contribution in [0, 0.1) is 0 Å². The third kappa shape index (κ3) is 5.04. The fraction of sp³-hybridized carbons (Fsp3) is 0.100. The van der Waals surface area contributed by atoms with Crippen LogP contribution in [0.1, 0.15) is 32.1 Å². The molecule has 6 N–H and O–H groups in total. The van der Waals surface area contributed by atoms with Gasteiger partial charge in [-0.1, -0.05) is 24.3 Å². The first-order valence-electron chi connectivity index (χ1n) is 8.58. The molecule has 0 bridgehead atoms. The van der Waals surface area contributed by atoms with Gasteiger partial charge in [0, 0.05) is 30.5 Å². The highest BCUT2D eigenvalue weighted by atomic mass is 16.2. The average Bonchev–Trinajstić information content (AvgIpc) is 2.70. The van der Waals surface area contributed by atoms with Crippen LogP contribution in [-0.4, -0.2) is 21.8 Å². The van der Waals surface area contributed by atoms with Crippen molar-refractivity contribution >= 4 is 23.2 Å². The number of aromatic nitrogens is 2. The molecule has 0 unspecified atom stereocenters. The summed E-state index contributed by atoms with van der Waals surface area (Å²) in [6.07, 6.45) is 1.19. The molecule has 0 aliphatic carbocycles. The van der Waals surface area contributed by atoms with E-state index in [1.165, 1.54) is 12.4 Å². The summed E-state index contributed by atoms with van der Waals surface area (Å²) in [5.74, 6) is -0.815. The van der Waals surface area contributed by atoms with Crippen LogP contribution in [0.15, 0.2) is 60.9 Å². The maximum atomic E-state index is 12.3. The molecule has 0 atom stereocenters. The van der Waals surface area contributed by atoms with E-state index in [1.54, 1.807) is 24.3 Å². The predicted molar refractivity (Wildman–Crippen MR) is 106 cm³/mol. The van der Waals surface area contributed by atoms with Crippen molar-refractivity contribution < 1.29 is 9.59 Å². The van der Waals surface area contributed by atoms with Crippen LogP contribution in [0.2, 0.25) is 0 Å². The molecule has 28 heavy (non-hydrogen) atoms. The SMILES string of the molecule is Nc1cccc(CNC(=O)c2cc(C(=O)NCc3cccc(N)c3)ncn2)c1. The molecule has 0 saturated heterocycles. The minimum atomic E-state index is -0.408. The number of amides is 2. The first-order valence-corrected chi connectivity index (χ1v) is 8.58. The van der Waals surface area contributed by atoms with E-state index >= 15 is 0 Å². The van der Waals surface area contributed by atoms with E-state index in [4.69, 9.17) is 11.5 Å². The first-order chi connectivity index (χ1) is 13.5. The van der Waals surface area contributed by atoms with Crippen molar-refractivity contribution in [2.24, 2.45) is 0 Å². The molecular weight excluding hydrogens is 356 g/mol. The van der Waals surface area contributed by atoms with Crippen molar-refractivity contribution in [2.45, 2.75) is 13.1 Å². The lowest BCUT2D eigenvalue weighted by atomic mass is 10.2. The molecule has 0 spiro atoms. The first kappa shape index (κ1) is 18.8. The highest BCUT2D eigenvalue weighted by molar-refractivity contribution is 5.97. The Morgan fingerprint density at radius 3 is 1.64 bits per heavy atom. The van der Waals surface area contributed by atoms with Crippen molar-refractivity contribution in [1.29, 1.82) is 0 Å². The number of nitrogen functional groups attached to an aromatic ring is 2. The van der Waals surface area contributed by atoms with Gasteiger partial charge in [-0.25, -0.2) is 9.97 Å². The molecule has 2 amide bonds. The number of nitrogens with zero attached hydrogens (tertiary/aromatic N) is 2. The number of carbonyl (C=O) groups excluding carboxylic acids is 2. The molecule has 2 aromatic carbocycles. The average molecular weight is 376 g/mol. The van der Waals surface area contributed by atoms with Gasteiger partial charge >= 0.3 is 0 Å². The Bertz CT molecular complexity index is 928. The summed E-state index contributed by atoms with van der Waals surface area (Å²) in [4.78, 5) is 32.5. The lowest BCUT2D eigenvalue weighted by Crippen LogP contribution is -2.27. The van der Waals surface area contributed by atoms with Gasteiger partial charge in [0.05, 0.1) is 0 Å². The normalized spacial score (nSPS) is 10.3. The minimum absolute atomic E-state index is 0.105. The van der Waals surface area contributed by atoms with Crippen molar-refractivity contribution in [1.82, 2.24) is 20.6 Å². The van der Waals surface area contributed by atoms with Crippen LogP contribution in [0.4, 0.5) is 11.4 Å². The molecule has 0 fully saturated rings. The molecule has 0 radical (unpaired) electrons. The maximum Gasteiger partial charge on any atom is 0.270 e. The Balaban J connectivity index is 1.60. The van der Waals surface area contributed by atoms with Gasteiger partial charge in [0.15, 0.2) is 0 Å². The van der Waals surface area contributed by atoms with E-state index in [1.807, 2.05) is 24.3 Å². The van der Waals surface area contributed by atoms with Crippen molar-refractivity contribution in [3.8, 4) is 0 Å². The van der Waals surface area contributed by atoms with Crippen LogP contribution < -0.4 is 22.1 Å². The quantitative estimate of drug-likeness (QED) is 0.481. The second-order valence-electron chi connectivity index (χ2n) is 6.14. The van der Waals surface area contributed by atoms with E-state index in [0.717, 1.165) is 11.1 Å². The summed E-state index contributed by atoms with van der Waals surface area (Å²) >= 11 is 0. The van der Waals surface area contributed by atoms with Crippen LogP contribution in [-0.2, 0) is 13.1 Å². The van der Waals surface area contributed by atoms with Crippen molar-refractivity contribution in [3.63, 3.8) is 0 Å². The molecule has 3 rings (SSSR count). The highest BCUT2D eigenvalue weighted by Gasteiger charge is 2.13. The molecule has 8 heteroatoms. The van der Waals surface area contributed by atoms with Gasteiger partial charge in [-0.15, -0.1) is 0 Å². The number of hydrogen-bond acceptors (Lipinski definition) is 6. The van der Waals surface area contributed by atoms with Crippen LogP contribution in [0.5, 0.6) is 0 Å². The summed E-state index contributed by atoms with van der Waals surface area (Å²) < 4.78 is 0. The molecule has 0 saturated carbocycles. The Labute approximate surface area is 162 Å². The van der Waals surface area contributed by atoms with Crippen LogP contribution in [0.25, 0.3) is 0 Å². The van der Waals surface area contributed by atoms with Gasteiger partial charge in [-0.2, -0.15) is 0 Å². The van der Waals surface area contributed by atoms with Crippen molar-refractivity contribution in [2.75, 3.05) is 11.5 Å². The second-order valence-corrected chi connectivity index (χ2v) is 6.14. The Hall–Kier alpha value is -3.94. The second kappa shape index (κ2) is 8.63. The standard InChI is InChI=1S/C20H20N6O2/c21-15-5-1-3-13(7-15)10-23-19(27)17-9-18(26-12-25-17)20(28)24-11-14-4-2-6-16(22)8-14/h1-9,12H,10-11,21-22H2,(H,23,27)(H,24,28). The Morgan fingerprint density at radius 2 is 1.21 bits per heavy atom. The van der Waals surface area contributed by atoms with Crippen molar-refractivity contribution in [3.05, 3.63) is 83.4 Å². The van der Waals surface area contributed by atoms with Gasteiger partial charge < -0.3 is 22.1 Å². The molecule has 0 aliphatic heterocycles. The monoisotopic (exact) mass is 376 g/mol. The number of anilines is 2. The molecular formula is C20H20N6O2. The largest absolute Gasteiger partial charge is 0.399 e. The summed E-state index contributed by atoms with van der Waals surface area (Å²) in [5, 5.41) is 5.48. The van der Waals surface area contributed by atoms with Crippen LogP contribution in [0.3, 0.4) is 0 Å². The van der Waals surface area contributed by atoms with E-state index in [9.17, 15) is 9.59 Å². The fourth-order valence-corrected chi connectivity index (χ4v) is 2.56. The summed E-state index contributed by atoms with van der Waals surface area (Å²) in [6.45, 7) is 0.593. The number of nitrogens with one attached hydrogen (secondary N) is 2. The topological polar surface area (TPSA) is 136 Å². The summed E-state index contributed by atoms with van der Waals surface area (Å²) in [5.41, 5.74) is 14.6. The van der Waals surface area contributed by atoms with Crippen LogP contribution >= 0.6 is 0 Å². The molecule has 1 aromatic heterocycles. The lowest BCUT2D eigenvalue weighted by molar-refractivity contribution is 0.0944. The highest BCUT2D eigenvalue weighted by Crippen LogP contribution is 2.08. The third-order valence-electron chi connectivity index (χ3n) is 3.94. The molecule has 8 nitrogen and oxygen atoms in total. The zero-order chi connectivity index (χ0) is 19.9. The Morgan fingerprint density at radius 1 is 0.750 bits per heavy atom. The van der Waals surface area contributed by atoms with E-state index < -0.39 is 11.8 Å². The number of hydrogen-bond donors (Lipinski definition) is 4. The molecule has 3 aromatic rings. The van der Waals surface area contributed by atoms with Gasteiger partial charge in [0.2, 0.25) is 0 Å². The predicted octanol–water partition coefficient (Wildman–Crippen LogP) is 1.50. The summed E-state index contributed by atoms with van der Waals surface area (Å²) in [6, 6.07) is 15.8. The fourth-order valence-electron chi connectivity index (χ4n) is 2.56. The molecule has 1 heterocycles. The molecule has 0 aliphatic rings. The lowest BCUT2D eigenvalue weighted by Gasteiger charge is -2.08. The number of benzene rings is 2.